The molecule has 5 heteroatoms. The van der Waals surface area contributed by atoms with Gasteiger partial charge in [-0.2, -0.15) is 0 Å². The van der Waals surface area contributed by atoms with Gasteiger partial charge >= 0.3 is 11.9 Å². The Kier molecular flexibility index (Phi) is 9.25. The molecule has 0 saturated carbocycles. The Morgan fingerprint density at radius 1 is 0.774 bits per heavy atom. The summed E-state index contributed by atoms with van der Waals surface area (Å²) in [7, 11) is 1.82. The van der Waals surface area contributed by atoms with Gasteiger partial charge in [0.15, 0.2) is 0 Å². The summed E-state index contributed by atoms with van der Waals surface area (Å²) >= 11 is 0. The summed E-state index contributed by atoms with van der Waals surface area (Å²) in [5.41, 5.74) is 0.507. The molecule has 2 aromatic carbocycles. The first-order chi connectivity index (χ1) is 14.8. The zero-order valence-electron chi connectivity index (χ0n) is 19.1. The van der Waals surface area contributed by atoms with E-state index in [-0.39, 0.29) is 25.2 Å². The molecular weight excluding hydrogens is 390 g/mol. The summed E-state index contributed by atoms with van der Waals surface area (Å²) in [5, 5.41) is 3.10. The molecule has 0 saturated heterocycles. The summed E-state index contributed by atoms with van der Waals surface area (Å²) in [5.74, 6) is -0.495. The molecule has 0 aromatic heterocycles. The average molecular weight is 426 g/mol. The molecule has 0 aliphatic carbocycles. The fourth-order valence-electron chi connectivity index (χ4n) is 3.42. The van der Waals surface area contributed by atoms with Crippen molar-refractivity contribution in [2.24, 2.45) is 10.8 Å². The predicted molar refractivity (Wildman–Crippen MR) is 122 cm³/mol. The van der Waals surface area contributed by atoms with Gasteiger partial charge in [-0.25, -0.2) is 0 Å². The molecule has 0 radical (unpaired) electrons. The van der Waals surface area contributed by atoms with Gasteiger partial charge in [0, 0.05) is 6.54 Å². The Labute approximate surface area is 186 Å². The summed E-state index contributed by atoms with van der Waals surface area (Å²) in [4.78, 5) is 25.8. The van der Waals surface area contributed by atoms with Crippen LogP contribution in [-0.2, 0) is 32.3 Å². The number of benzene rings is 2. The van der Waals surface area contributed by atoms with E-state index >= 15 is 0 Å². The van der Waals surface area contributed by atoms with Crippen LogP contribution in [0.15, 0.2) is 60.7 Å². The van der Waals surface area contributed by atoms with Crippen LogP contribution in [0.4, 0.5) is 0 Å². The van der Waals surface area contributed by atoms with Crippen LogP contribution in [0, 0.1) is 10.8 Å². The summed E-state index contributed by atoms with van der Waals surface area (Å²) in [6.45, 7) is 6.75. The number of rotatable bonds is 12. The number of esters is 2. The van der Waals surface area contributed by atoms with E-state index in [1.807, 2.05) is 88.5 Å². The Bertz CT molecular complexity index is 824. The van der Waals surface area contributed by atoms with Gasteiger partial charge in [-0.15, -0.1) is 0 Å². The maximum atomic E-state index is 12.9. The maximum absolute atomic E-state index is 12.9. The molecule has 1 N–H and O–H groups in total. The topological polar surface area (TPSA) is 64.6 Å². The van der Waals surface area contributed by atoms with Crippen molar-refractivity contribution in [1.29, 1.82) is 0 Å². The van der Waals surface area contributed by atoms with Crippen molar-refractivity contribution in [2.75, 3.05) is 13.6 Å². The third-order valence-corrected chi connectivity index (χ3v) is 5.99. The Morgan fingerprint density at radius 3 is 1.61 bits per heavy atom. The number of carbonyl (C=O) groups excluding carboxylic acids is 2. The lowest BCUT2D eigenvalue weighted by Crippen LogP contribution is -2.41. The van der Waals surface area contributed by atoms with E-state index in [1.54, 1.807) is 0 Å². The predicted octanol–water partition coefficient (Wildman–Crippen LogP) is 4.90. The van der Waals surface area contributed by atoms with Crippen LogP contribution >= 0.6 is 0 Å². The zero-order valence-corrected chi connectivity index (χ0v) is 19.1. The third kappa shape index (κ3) is 7.21. The van der Waals surface area contributed by atoms with Crippen molar-refractivity contribution in [3.05, 3.63) is 71.8 Å². The number of ether oxygens (including phenoxy) is 2. The molecule has 0 heterocycles. The number of nitrogens with one attached hydrogen (secondary N) is 1. The molecule has 0 aliphatic rings. The second-order valence-corrected chi connectivity index (χ2v) is 8.63. The lowest BCUT2D eigenvalue weighted by Gasteiger charge is -2.32. The van der Waals surface area contributed by atoms with Crippen LogP contribution < -0.4 is 5.32 Å². The minimum Gasteiger partial charge on any atom is -0.460 e. The zero-order chi connectivity index (χ0) is 22.7. The molecule has 168 valence electrons. The lowest BCUT2D eigenvalue weighted by molar-refractivity contribution is -0.161. The lowest BCUT2D eigenvalue weighted by atomic mass is 9.75. The van der Waals surface area contributed by atoms with Crippen molar-refractivity contribution in [2.45, 2.75) is 53.2 Å². The fraction of sp³-hybridized carbons (Fsp3) is 0.462. The van der Waals surface area contributed by atoms with E-state index < -0.39 is 10.8 Å². The van der Waals surface area contributed by atoms with Crippen LogP contribution in [-0.4, -0.2) is 25.5 Å². The monoisotopic (exact) mass is 425 g/mol. The van der Waals surface area contributed by atoms with Crippen molar-refractivity contribution < 1.29 is 19.1 Å². The number of hydrogen-bond acceptors (Lipinski definition) is 5. The molecule has 2 unspecified atom stereocenters. The first kappa shape index (κ1) is 24.6. The Morgan fingerprint density at radius 2 is 1.19 bits per heavy atom. The Balaban J connectivity index is 1.98. The highest BCUT2D eigenvalue weighted by molar-refractivity contribution is 5.78. The van der Waals surface area contributed by atoms with Crippen LogP contribution in [0.2, 0.25) is 0 Å². The van der Waals surface area contributed by atoms with E-state index in [1.165, 1.54) is 0 Å². The Hall–Kier alpha value is -2.66. The number of hydrogen-bond donors (Lipinski definition) is 1. The summed E-state index contributed by atoms with van der Waals surface area (Å²) in [6, 6.07) is 19.3. The number of carbonyl (C=O) groups is 2. The molecule has 0 fully saturated rings. The van der Waals surface area contributed by atoms with Crippen molar-refractivity contribution in [3.63, 3.8) is 0 Å². The maximum Gasteiger partial charge on any atom is 0.313 e. The fourth-order valence-corrected chi connectivity index (χ4v) is 3.42. The molecule has 2 aromatic rings. The smallest absolute Gasteiger partial charge is 0.313 e. The van der Waals surface area contributed by atoms with E-state index in [4.69, 9.17) is 9.47 Å². The highest BCUT2D eigenvalue weighted by atomic mass is 16.5. The van der Waals surface area contributed by atoms with E-state index in [0.29, 0.717) is 25.8 Å². The molecule has 0 spiro atoms. The molecule has 5 nitrogen and oxygen atoms in total. The van der Waals surface area contributed by atoms with E-state index in [0.717, 1.165) is 11.1 Å². The molecule has 0 amide bonds. The largest absolute Gasteiger partial charge is 0.460 e. The first-order valence-electron chi connectivity index (χ1n) is 10.9. The standard InChI is InChI=1S/C26H35NO4/c1-5-25(2,23(28)30-18-21-12-8-6-9-13-21)16-17-26(3,20-27-4)24(29)31-19-22-14-10-7-11-15-22/h6-15,27H,5,16-20H2,1-4H3. The average Bonchev–Trinajstić information content (AvgIpc) is 2.81. The van der Waals surface area contributed by atoms with Crippen LogP contribution in [0.1, 0.15) is 51.2 Å². The van der Waals surface area contributed by atoms with Crippen molar-refractivity contribution in [1.82, 2.24) is 5.32 Å². The highest BCUT2D eigenvalue weighted by Crippen LogP contribution is 2.36. The van der Waals surface area contributed by atoms with E-state index in [9.17, 15) is 9.59 Å². The third-order valence-electron chi connectivity index (χ3n) is 5.99. The molecule has 31 heavy (non-hydrogen) atoms. The van der Waals surface area contributed by atoms with Crippen LogP contribution in [0.5, 0.6) is 0 Å². The molecular formula is C26H35NO4. The van der Waals surface area contributed by atoms with Gasteiger partial charge < -0.3 is 14.8 Å². The van der Waals surface area contributed by atoms with Gasteiger partial charge in [0.2, 0.25) is 0 Å². The van der Waals surface area contributed by atoms with Gasteiger partial charge in [-0.05, 0) is 51.3 Å². The highest BCUT2D eigenvalue weighted by Gasteiger charge is 2.40. The van der Waals surface area contributed by atoms with Gasteiger partial charge in [0.1, 0.15) is 13.2 Å². The minimum atomic E-state index is -0.736. The first-order valence-corrected chi connectivity index (χ1v) is 10.9. The quantitative estimate of drug-likeness (QED) is 0.490. The van der Waals surface area contributed by atoms with Crippen molar-refractivity contribution >= 4 is 11.9 Å². The second-order valence-electron chi connectivity index (χ2n) is 8.63. The van der Waals surface area contributed by atoms with Crippen LogP contribution in [0.25, 0.3) is 0 Å². The minimum absolute atomic E-state index is 0.233. The summed E-state index contributed by atoms with van der Waals surface area (Å²) < 4.78 is 11.2. The second kappa shape index (κ2) is 11.7. The van der Waals surface area contributed by atoms with Gasteiger partial charge in [0.05, 0.1) is 10.8 Å². The summed E-state index contributed by atoms with van der Waals surface area (Å²) in [6.07, 6.45) is 1.69. The molecule has 2 atom stereocenters. The molecule has 0 bridgehead atoms. The van der Waals surface area contributed by atoms with E-state index in [2.05, 4.69) is 5.32 Å². The molecule has 2 rings (SSSR count). The van der Waals surface area contributed by atoms with Crippen molar-refractivity contribution in [3.8, 4) is 0 Å². The van der Waals surface area contributed by atoms with Gasteiger partial charge in [-0.3, -0.25) is 9.59 Å². The van der Waals surface area contributed by atoms with Gasteiger partial charge in [0.25, 0.3) is 0 Å². The SMILES string of the molecule is CCC(C)(CCC(C)(CNC)C(=O)OCc1ccccc1)C(=O)OCc1ccccc1. The normalized spacial score (nSPS) is 14.8. The van der Waals surface area contributed by atoms with Crippen LogP contribution in [0.3, 0.4) is 0 Å². The van der Waals surface area contributed by atoms with Gasteiger partial charge in [-0.1, -0.05) is 67.6 Å². The molecule has 0 aliphatic heterocycles.